The number of rotatable bonds is 8. The molecule has 4 nitrogen and oxygen atoms in total. The Balaban J connectivity index is 2.81. The highest BCUT2D eigenvalue weighted by Crippen LogP contribution is 2.21. The lowest BCUT2D eigenvalue weighted by Crippen LogP contribution is -2.48. The highest BCUT2D eigenvalue weighted by Gasteiger charge is 2.23. The van der Waals surface area contributed by atoms with E-state index in [9.17, 15) is 4.79 Å². The molecule has 0 radical (unpaired) electrons. The molecule has 0 aliphatic rings. The molecule has 0 spiro atoms. The first-order valence-electron chi connectivity index (χ1n) is 7.86. The minimum atomic E-state index is -0.189. The van der Waals surface area contributed by atoms with E-state index in [0.29, 0.717) is 6.54 Å². The molecule has 4 heteroatoms. The molecule has 0 aliphatic heterocycles. The van der Waals surface area contributed by atoms with Crippen LogP contribution in [0.1, 0.15) is 46.1 Å². The Morgan fingerprint density at radius 1 is 1.24 bits per heavy atom. The number of benzene rings is 1. The van der Waals surface area contributed by atoms with E-state index >= 15 is 0 Å². The lowest BCUT2D eigenvalue weighted by atomic mass is 10.1. The quantitative estimate of drug-likeness (QED) is 0.724. The normalized spacial score (nSPS) is 12.3. The molecule has 1 aromatic rings. The monoisotopic (exact) mass is 291 g/mol. The molecule has 21 heavy (non-hydrogen) atoms. The summed E-state index contributed by atoms with van der Waals surface area (Å²) in [4.78, 5) is 14.4. The zero-order valence-electron chi connectivity index (χ0n) is 13.7. The van der Waals surface area contributed by atoms with Crippen LogP contribution in [0, 0.1) is 0 Å². The molecule has 1 rings (SSSR count). The smallest absolute Gasteiger partial charge is 0.242 e. The number of hydrogen-bond donors (Lipinski definition) is 2. The molecule has 1 unspecified atom stereocenters. The van der Waals surface area contributed by atoms with Gasteiger partial charge in [-0.25, -0.2) is 0 Å². The van der Waals surface area contributed by atoms with Crippen molar-refractivity contribution in [1.82, 2.24) is 5.32 Å². The topological polar surface area (TPSA) is 58.4 Å². The Morgan fingerprint density at radius 3 is 2.33 bits per heavy atom. The Hall–Kier alpha value is -1.55. The molecule has 0 saturated heterocycles. The number of carbonyl (C=O) groups excluding carboxylic acids is 1. The second-order valence-electron chi connectivity index (χ2n) is 5.69. The minimum Gasteiger partial charge on any atom is -0.357 e. The number of anilines is 1. The van der Waals surface area contributed by atoms with E-state index in [4.69, 9.17) is 5.73 Å². The Bertz CT molecular complexity index is 428. The van der Waals surface area contributed by atoms with Gasteiger partial charge in [0.2, 0.25) is 5.91 Å². The Kier molecular flexibility index (Phi) is 7.23. The van der Waals surface area contributed by atoms with Gasteiger partial charge in [-0.3, -0.25) is 4.79 Å². The van der Waals surface area contributed by atoms with E-state index < -0.39 is 0 Å². The van der Waals surface area contributed by atoms with Gasteiger partial charge in [0.15, 0.2) is 0 Å². The van der Waals surface area contributed by atoms with Gasteiger partial charge < -0.3 is 16.0 Å². The van der Waals surface area contributed by atoms with E-state index in [1.165, 1.54) is 0 Å². The van der Waals surface area contributed by atoms with Crippen LogP contribution in [0.2, 0.25) is 0 Å². The minimum absolute atomic E-state index is 0.0834. The van der Waals surface area contributed by atoms with Crippen LogP contribution in [0.3, 0.4) is 0 Å². The number of nitrogens with two attached hydrogens (primary N) is 1. The van der Waals surface area contributed by atoms with Gasteiger partial charge in [0, 0.05) is 24.8 Å². The van der Waals surface area contributed by atoms with Crippen molar-refractivity contribution in [2.24, 2.45) is 5.73 Å². The molecular formula is C17H29N3O. The lowest BCUT2D eigenvalue weighted by molar-refractivity contribution is -0.122. The molecule has 0 heterocycles. The van der Waals surface area contributed by atoms with Crippen molar-refractivity contribution in [3.8, 4) is 0 Å². The van der Waals surface area contributed by atoms with Gasteiger partial charge in [-0.15, -0.1) is 0 Å². The fourth-order valence-electron chi connectivity index (χ4n) is 2.44. The summed E-state index contributed by atoms with van der Waals surface area (Å²) in [5, 5.41) is 3.01. The molecule has 0 aliphatic carbocycles. The van der Waals surface area contributed by atoms with Crippen LogP contribution in [-0.4, -0.2) is 24.5 Å². The number of unbranched alkanes of at least 4 members (excludes halogenated alkanes) is 1. The van der Waals surface area contributed by atoms with Crippen LogP contribution in [0.15, 0.2) is 24.3 Å². The van der Waals surface area contributed by atoms with E-state index in [2.05, 4.69) is 31.0 Å². The standard InChI is InChI=1S/C17H29N3O/c1-5-6-11-19-17(21)14(4)20(13(2)3)16-9-7-15(12-18)8-10-16/h7-10,13-14H,5-6,11-12,18H2,1-4H3,(H,19,21). The SMILES string of the molecule is CCCCNC(=O)C(C)N(c1ccc(CN)cc1)C(C)C. The van der Waals surface area contributed by atoms with Gasteiger partial charge in [-0.2, -0.15) is 0 Å². The number of carbonyl (C=O) groups is 1. The number of nitrogens with zero attached hydrogens (tertiary/aromatic N) is 1. The molecule has 0 saturated carbocycles. The Labute approximate surface area is 128 Å². The van der Waals surface area contributed by atoms with Crippen LogP contribution >= 0.6 is 0 Å². The Morgan fingerprint density at radius 2 is 1.86 bits per heavy atom. The van der Waals surface area contributed by atoms with Crippen molar-refractivity contribution in [2.75, 3.05) is 11.4 Å². The van der Waals surface area contributed by atoms with Crippen molar-refractivity contribution < 1.29 is 4.79 Å². The number of hydrogen-bond acceptors (Lipinski definition) is 3. The van der Waals surface area contributed by atoms with Crippen molar-refractivity contribution in [2.45, 2.75) is 59.2 Å². The second-order valence-corrected chi connectivity index (χ2v) is 5.69. The summed E-state index contributed by atoms with van der Waals surface area (Å²) in [5.74, 6) is 0.0834. The molecule has 0 fully saturated rings. The molecule has 1 aromatic carbocycles. The summed E-state index contributed by atoms with van der Waals surface area (Å²) in [5.41, 5.74) is 7.79. The average molecular weight is 291 g/mol. The molecule has 1 amide bonds. The van der Waals surface area contributed by atoms with E-state index in [1.54, 1.807) is 0 Å². The van der Waals surface area contributed by atoms with Crippen molar-refractivity contribution in [1.29, 1.82) is 0 Å². The summed E-state index contributed by atoms with van der Waals surface area (Å²) in [6, 6.07) is 8.18. The highest BCUT2D eigenvalue weighted by molar-refractivity contribution is 5.85. The van der Waals surface area contributed by atoms with Crippen molar-refractivity contribution >= 4 is 11.6 Å². The van der Waals surface area contributed by atoms with Crippen molar-refractivity contribution in [3.05, 3.63) is 29.8 Å². The van der Waals surface area contributed by atoms with Crippen LogP contribution in [0.5, 0.6) is 0 Å². The third-order valence-corrected chi connectivity index (χ3v) is 3.65. The zero-order valence-corrected chi connectivity index (χ0v) is 13.7. The number of nitrogens with one attached hydrogen (secondary N) is 1. The van der Waals surface area contributed by atoms with Crippen LogP contribution in [0.4, 0.5) is 5.69 Å². The summed E-state index contributed by atoms with van der Waals surface area (Å²) < 4.78 is 0. The van der Waals surface area contributed by atoms with E-state index in [-0.39, 0.29) is 18.0 Å². The van der Waals surface area contributed by atoms with Gasteiger partial charge >= 0.3 is 0 Å². The maximum atomic E-state index is 12.3. The third kappa shape index (κ3) is 5.05. The second kappa shape index (κ2) is 8.67. The van der Waals surface area contributed by atoms with Gasteiger partial charge in [-0.05, 0) is 44.9 Å². The lowest BCUT2D eigenvalue weighted by Gasteiger charge is -2.34. The molecule has 3 N–H and O–H groups in total. The largest absolute Gasteiger partial charge is 0.357 e. The van der Waals surface area contributed by atoms with Gasteiger partial charge in [-0.1, -0.05) is 25.5 Å². The van der Waals surface area contributed by atoms with Crippen LogP contribution < -0.4 is 16.0 Å². The summed E-state index contributed by atoms with van der Waals surface area (Å²) in [7, 11) is 0. The molecule has 0 bridgehead atoms. The molecule has 118 valence electrons. The van der Waals surface area contributed by atoms with Crippen LogP contribution in [-0.2, 0) is 11.3 Å². The maximum Gasteiger partial charge on any atom is 0.242 e. The number of amides is 1. The predicted molar refractivity (Wildman–Crippen MR) is 89.3 cm³/mol. The van der Waals surface area contributed by atoms with E-state index in [1.807, 2.05) is 31.2 Å². The molecule has 0 aromatic heterocycles. The fraction of sp³-hybridized carbons (Fsp3) is 0.588. The van der Waals surface area contributed by atoms with Gasteiger partial charge in [0.1, 0.15) is 6.04 Å². The van der Waals surface area contributed by atoms with Gasteiger partial charge in [0.05, 0.1) is 0 Å². The average Bonchev–Trinajstić information content (AvgIpc) is 2.47. The fourth-order valence-corrected chi connectivity index (χ4v) is 2.44. The molecule has 1 atom stereocenters. The maximum absolute atomic E-state index is 12.3. The van der Waals surface area contributed by atoms with Crippen LogP contribution in [0.25, 0.3) is 0 Å². The van der Waals surface area contributed by atoms with Crippen molar-refractivity contribution in [3.63, 3.8) is 0 Å². The van der Waals surface area contributed by atoms with Gasteiger partial charge in [0.25, 0.3) is 0 Å². The summed E-state index contributed by atoms with van der Waals surface area (Å²) in [6.07, 6.45) is 2.11. The zero-order chi connectivity index (χ0) is 15.8. The first kappa shape index (κ1) is 17.5. The highest BCUT2D eigenvalue weighted by atomic mass is 16.2. The third-order valence-electron chi connectivity index (χ3n) is 3.65. The summed E-state index contributed by atoms with van der Waals surface area (Å²) >= 11 is 0. The predicted octanol–water partition coefficient (Wildman–Crippen LogP) is 2.66. The first-order chi connectivity index (χ1) is 10.0. The molecular weight excluding hydrogens is 262 g/mol. The summed E-state index contributed by atoms with van der Waals surface area (Å²) in [6.45, 7) is 9.57. The first-order valence-corrected chi connectivity index (χ1v) is 7.86. The van der Waals surface area contributed by atoms with E-state index in [0.717, 1.165) is 30.6 Å².